The predicted octanol–water partition coefficient (Wildman–Crippen LogP) is 5.04. The number of piperazine rings is 1. The monoisotopic (exact) mass is 578 g/mol. The Morgan fingerprint density at radius 2 is 1.78 bits per heavy atom. The second-order valence-corrected chi connectivity index (χ2v) is 11.6. The van der Waals surface area contributed by atoms with Crippen molar-refractivity contribution in [1.29, 1.82) is 0 Å². The lowest BCUT2D eigenvalue weighted by atomic mass is 10.0. The first-order valence-corrected chi connectivity index (χ1v) is 14.5. The molecule has 192 valence electrons. The quantitative estimate of drug-likeness (QED) is 0.321. The maximum atomic E-state index is 12.1. The number of fused-ring (bicyclic) bond motifs is 2. The molecular weight excluding hydrogens is 548 g/mol. The molecule has 0 unspecified atom stereocenters. The Kier molecular flexibility index (Phi) is 7.01. The van der Waals surface area contributed by atoms with Crippen molar-refractivity contribution in [2.24, 2.45) is 0 Å². The van der Waals surface area contributed by atoms with Crippen molar-refractivity contribution in [2.75, 3.05) is 44.2 Å². The Hall–Kier alpha value is -2.75. The molecule has 4 aromatic rings. The van der Waals surface area contributed by atoms with Gasteiger partial charge in [0.05, 0.1) is 10.4 Å². The zero-order valence-corrected chi connectivity index (χ0v) is 23.5. The number of anilines is 1. The highest BCUT2D eigenvalue weighted by Crippen LogP contribution is 2.32. The van der Waals surface area contributed by atoms with Gasteiger partial charge in [-0.3, -0.25) is 14.4 Å². The fraction of sp³-hybridized carbons (Fsp3) is 0.393. The minimum atomic E-state index is 0.130. The van der Waals surface area contributed by atoms with Gasteiger partial charge in [0.15, 0.2) is 0 Å². The van der Waals surface area contributed by atoms with Crippen molar-refractivity contribution < 1.29 is 4.79 Å². The van der Waals surface area contributed by atoms with Crippen LogP contribution in [0.25, 0.3) is 21.3 Å². The van der Waals surface area contributed by atoms with E-state index in [0.717, 1.165) is 80.2 Å². The van der Waals surface area contributed by atoms with Crippen molar-refractivity contribution in [3.63, 3.8) is 0 Å². The molecule has 2 aromatic carbocycles. The number of benzene rings is 2. The standard InChI is InChI=1S/C28H31BrN6OS/c1-20(36)34-14-11-25-24(19-34)27(21-7-9-22(29)10-8-21)30-35(25)13-4-12-32-15-17-33(18-16-32)28-23-5-2-3-6-26(23)37-31-28/h2-3,5-10H,4,11-19H2,1H3. The summed E-state index contributed by atoms with van der Waals surface area (Å²) in [5.41, 5.74) is 4.61. The highest BCUT2D eigenvalue weighted by atomic mass is 79.9. The van der Waals surface area contributed by atoms with Gasteiger partial charge in [-0.1, -0.05) is 40.2 Å². The van der Waals surface area contributed by atoms with Gasteiger partial charge in [-0.25, -0.2) is 0 Å². The van der Waals surface area contributed by atoms with Crippen molar-refractivity contribution in [1.82, 2.24) is 24.0 Å². The van der Waals surface area contributed by atoms with Gasteiger partial charge in [0.25, 0.3) is 0 Å². The Bertz CT molecular complexity index is 1410. The summed E-state index contributed by atoms with van der Waals surface area (Å²) in [5, 5.41) is 6.34. The summed E-state index contributed by atoms with van der Waals surface area (Å²) in [4.78, 5) is 19.0. The summed E-state index contributed by atoms with van der Waals surface area (Å²) in [6, 6.07) is 16.8. The number of aryl methyl sites for hydroxylation is 1. The van der Waals surface area contributed by atoms with Gasteiger partial charge in [-0.2, -0.15) is 9.47 Å². The molecule has 1 amide bonds. The summed E-state index contributed by atoms with van der Waals surface area (Å²) >= 11 is 5.13. The summed E-state index contributed by atoms with van der Waals surface area (Å²) in [6.07, 6.45) is 1.92. The van der Waals surface area contributed by atoms with E-state index in [1.54, 1.807) is 18.5 Å². The molecule has 0 bridgehead atoms. The zero-order chi connectivity index (χ0) is 25.4. The Morgan fingerprint density at radius 3 is 2.57 bits per heavy atom. The third kappa shape index (κ3) is 5.04. The van der Waals surface area contributed by atoms with E-state index in [1.165, 1.54) is 21.3 Å². The number of hydrogen-bond acceptors (Lipinski definition) is 6. The summed E-state index contributed by atoms with van der Waals surface area (Å²) in [6.45, 7) is 9.17. The predicted molar refractivity (Wildman–Crippen MR) is 153 cm³/mol. The van der Waals surface area contributed by atoms with Crippen LogP contribution in [0.15, 0.2) is 53.0 Å². The molecule has 0 radical (unpaired) electrons. The van der Waals surface area contributed by atoms with Crippen LogP contribution in [-0.2, 0) is 24.3 Å². The average Bonchev–Trinajstić information content (AvgIpc) is 3.51. The van der Waals surface area contributed by atoms with Gasteiger partial charge >= 0.3 is 0 Å². The van der Waals surface area contributed by atoms with Crippen LogP contribution in [-0.4, -0.2) is 69.1 Å². The third-order valence-corrected chi connectivity index (χ3v) is 8.92. The molecule has 0 saturated carbocycles. The van der Waals surface area contributed by atoms with E-state index in [9.17, 15) is 4.79 Å². The summed E-state index contributed by atoms with van der Waals surface area (Å²) in [5.74, 6) is 1.27. The fourth-order valence-corrected chi connectivity index (χ4v) is 6.57. The number of carbonyl (C=O) groups is 1. The maximum absolute atomic E-state index is 12.1. The lowest BCUT2D eigenvalue weighted by molar-refractivity contribution is -0.129. The number of rotatable bonds is 6. The number of nitrogens with zero attached hydrogens (tertiary/aromatic N) is 6. The number of aromatic nitrogens is 3. The van der Waals surface area contributed by atoms with Crippen LogP contribution in [0, 0.1) is 0 Å². The minimum absolute atomic E-state index is 0.130. The van der Waals surface area contributed by atoms with E-state index in [1.807, 2.05) is 4.90 Å². The molecule has 6 rings (SSSR count). The topological polar surface area (TPSA) is 57.5 Å². The van der Waals surface area contributed by atoms with E-state index in [0.29, 0.717) is 6.54 Å². The molecule has 9 heteroatoms. The van der Waals surface area contributed by atoms with Crippen LogP contribution in [0.5, 0.6) is 0 Å². The maximum Gasteiger partial charge on any atom is 0.219 e. The number of hydrogen-bond donors (Lipinski definition) is 0. The SMILES string of the molecule is CC(=O)N1CCc2c(c(-c3ccc(Br)cc3)nn2CCCN2CCN(c3nsc4ccccc34)CC2)C1. The van der Waals surface area contributed by atoms with Gasteiger partial charge in [-0.05, 0) is 42.2 Å². The molecule has 0 N–H and O–H groups in total. The molecule has 7 nitrogen and oxygen atoms in total. The van der Waals surface area contributed by atoms with Gasteiger partial charge in [0.1, 0.15) is 5.82 Å². The fourth-order valence-electron chi connectivity index (χ4n) is 5.51. The molecular formula is C28H31BrN6OS. The molecule has 0 atom stereocenters. The Labute approximate surface area is 230 Å². The van der Waals surface area contributed by atoms with Crippen LogP contribution in [0.4, 0.5) is 5.82 Å². The first kappa shape index (κ1) is 24.6. The Morgan fingerprint density at radius 1 is 1.00 bits per heavy atom. The van der Waals surface area contributed by atoms with Crippen LogP contribution in [0.2, 0.25) is 0 Å². The molecule has 0 aliphatic carbocycles. The van der Waals surface area contributed by atoms with E-state index >= 15 is 0 Å². The van der Waals surface area contributed by atoms with E-state index in [2.05, 4.69) is 78.9 Å². The minimum Gasteiger partial charge on any atom is -0.353 e. The smallest absolute Gasteiger partial charge is 0.219 e. The van der Waals surface area contributed by atoms with Crippen molar-refractivity contribution in [3.05, 3.63) is 64.3 Å². The lowest BCUT2D eigenvalue weighted by Gasteiger charge is -2.35. The second kappa shape index (κ2) is 10.6. The van der Waals surface area contributed by atoms with Crippen LogP contribution < -0.4 is 4.90 Å². The van der Waals surface area contributed by atoms with Crippen LogP contribution in [0.1, 0.15) is 24.6 Å². The molecule has 1 saturated heterocycles. The van der Waals surface area contributed by atoms with E-state index in [-0.39, 0.29) is 5.91 Å². The van der Waals surface area contributed by atoms with E-state index in [4.69, 9.17) is 9.47 Å². The first-order valence-electron chi connectivity index (χ1n) is 13.0. The van der Waals surface area contributed by atoms with Gasteiger partial charge in [0.2, 0.25) is 5.91 Å². The van der Waals surface area contributed by atoms with Gasteiger partial charge < -0.3 is 9.80 Å². The molecule has 2 aliphatic rings. The number of halogens is 1. The van der Waals surface area contributed by atoms with Gasteiger partial charge in [0, 0.05) is 92.4 Å². The van der Waals surface area contributed by atoms with E-state index < -0.39 is 0 Å². The second-order valence-electron chi connectivity index (χ2n) is 9.88. The average molecular weight is 580 g/mol. The summed E-state index contributed by atoms with van der Waals surface area (Å²) < 4.78 is 9.27. The van der Waals surface area contributed by atoms with Crippen LogP contribution >= 0.6 is 27.5 Å². The third-order valence-electron chi connectivity index (χ3n) is 7.57. The van der Waals surface area contributed by atoms with Crippen molar-refractivity contribution >= 4 is 49.3 Å². The normalized spacial score (nSPS) is 16.4. The van der Waals surface area contributed by atoms with Gasteiger partial charge in [-0.15, -0.1) is 0 Å². The Balaban J connectivity index is 1.10. The molecule has 1 fully saturated rings. The first-order chi connectivity index (χ1) is 18.1. The molecule has 2 aromatic heterocycles. The van der Waals surface area contributed by atoms with Crippen molar-refractivity contribution in [3.8, 4) is 11.3 Å². The number of carbonyl (C=O) groups excluding carboxylic acids is 1. The molecule has 0 spiro atoms. The molecule has 37 heavy (non-hydrogen) atoms. The zero-order valence-electron chi connectivity index (χ0n) is 21.1. The van der Waals surface area contributed by atoms with Crippen LogP contribution in [0.3, 0.4) is 0 Å². The molecule has 4 heterocycles. The largest absolute Gasteiger partial charge is 0.353 e. The highest BCUT2D eigenvalue weighted by molar-refractivity contribution is 9.10. The lowest BCUT2D eigenvalue weighted by Crippen LogP contribution is -2.47. The number of amides is 1. The highest BCUT2D eigenvalue weighted by Gasteiger charge is 2.27. The van der Waals surface area contributed by atoms with Crippen molar-refractivity contribution in [2.45, 2.75) is 32.9 Å². The molecule has 2 aliphatic heterocycles. The summed E-state index contributed by atoms with van der Waals surface area (Å²) in [7, 11) is 0.